The molecule has 0 fully saturated rings. The molecule has 3 aromatic rings. The lowest BCUT2D eigenvalue weighted by molar-refractivity contribution is -0.152. The summed E-state index contributed by atoms with van der Waals surface area (Å²) >= 11 is 0. The number of nitrogens with zero attached hydrogens (tertiary/aromatic N) is 4. The van der Waals surface area contributed by atoms with Gasteiger partial charge < -0.3 is 10.6 Å². The van der Waals surface area contributed by atoms with Crippen molar-refractivity contribution in [3.05, 3.63) is 66.0 Å². The zero-order chi connectivity index (χ0) is 20.1. The van der Waals surface area contributed by atoms with E-state index < -0.39 is 18.2 Å². The van der Waals surface area contributed by atoms with E-state index in [2.05, 4.69) is 20.8 Å². The number of carbonyl (C=O) groups is 1. The number of hydrogen-bond donors (Lipinski definition) is 2. The zero-order valence-electron chi connectivity index (χ0n) is 14.8. The Bertz CT molecular complexity index is 928. The lowest BCUT2D eigenvalue weighted by atomic mass is 10.1. The first-order valence-corrected chi connectivity index (χ1v) is 8.35. The van der Waals surface area contributed by atoms with Crippen LogP contribution in [-0.2, 0) is 6.42 Å². The molecule has 0 saturated carbocycles. The molecule has 0 radical (unpaired) electrons. The van der Waals surface area contributed by atoms with Crippen molar-refractivity contribution in [2.75, 3.05) is 5.32 Å². The number of aromatic nitrogens is 4. The second kappa shape index (κ2) is 8.07. The van der Waals surface area contributed by atoms with Crippen molar-refractivity contribution in [1.29, 1.82) is 0 Å². The van der Waals surface area contributed by atoms with E-state index in [9.17, 15) is 18.0 Å². The molecule has 1 unspecified atom stereocenters. The maximum Gasteiger partial charge on any atom is 0.408 e. The number of alkyl halides is 3. The fourth-order valence-electron chi connectivity index (χ4n) is 2.63. The molecule has 10 heteroatoms. The number of hydrogen-bond acceptors (Lipinski definition) is 4. The van der Waals surface area contributed by atoms with Crippen molar-refractivity contribution in [1.82, 2.24) is 25.5 Å². The standard InChI is InChI=1S/C18H17F3N6O/c1-12-7-8-14(10-15(12)27-11-22-25-26-27)23-17(28)24-16(18(19,20)21)9-13-5-3-2-4-6-13/h2-8,10-11,16H,9H2,1H3,(H2,23,24,28). The van der Waals surface area contributed by atoms with Gasteiger partial charge in [0, 0.05) is 12.1 Å². The van der Waals surface area contributed by atoms with Crippen molar-refractivity contribution in [3.63, 3.8) is 0 Å². The molecular formula is C18H17F3N6O. The molecule has 146 valence electrons. The van der Waals surface area contributed by atoms with Gasteiger partial charge in [0.2, 0.25) is 0 Å². The molecule has 2 N–H and O–H groups in total. The van der Waals surface area contributed by atoms with Crippen LogP contribution in [0.25, 0.3) is 5.69 Å². The summed E-state index contributed by atoms with van der Waals surface area (Å²) < 4.78 is 41.4. The highest BCUT2D eigenvalue weighted by Gasteiger charge is 2.40. The van der Waals surface area contributed by atoms with Crippen LogP contribution in [0, 0.1) is 6.92 Å². The second-order valence-corrected chi connectivity index (χ2v) is 6.14. The topological polar surface area (TPSA) is 84.7 Å². The van der Waals surface area contributed by atoms with Crippen LogP contribution in [0.1, 0.15) is 11.1 Å². The molecule has 0 aliphatic carbocycles. The van der Waals surface area contributed by atoms with Gasteiger partial charge in [0.05, 0.1) is 5.69 Å². The van der Waals surface area contributed by atoms with Crippen molar-refractivity contribution >= 4 is 11.7 Å². The number of benzene rings is 2. The van der Waals surface area contributed by atoms with Gasteiger partial charge in [-0.25, -0.2) is 9.48 Å². The Hall–Kier alpha value is -3.43. The van der Waals surface area contributed by atoms with Crippen molar-refractivity contribution < 1.29 is 18.0 Å². The van der Waals surface area contributed by atoms with Gasteiger partial charge in [0.15, 0.2) is 0 Å². The number of halogens is 3. The van der Waals surface area contributed by atoms with Crippen LogP contribution >= 0.6 is 0 Å². The Morgan fingerprint density at radius 2 is 1.93 bits per heavy atom. The fraction of sp³-hybridized carbons (Fsp3) is 0.222. The highest BCUT2D eigenvalue weighted by molar-refractivity contribution is 5.90. The number of anilines is 1. The first kappa shape index (κ1) is 19.3. The fourth-order valence-corrected chi connectivity index (χ4v) is 2.63. The number of urea groups is 1. The summed E-state index contributed by atoms with van der Waals surface area (Å²) in [5.41, 5.74) is 2.21. The second-order valence-electron chi connectivity index (χ2n) is 6.14. The van der Waals surface area contributed by atoms with E-state index in [1.54, 1.807) is 48.5 Å². The Morgan fingerprint density at radius 1 is 1.18 bits per heavy atom. The largest absolute Gasteiger partial charge is 0.408 e. The lowest BCUT2D eigenvalue weighted by Gasteiger charge is -2.22. The maximum atomic E-state index is 13.3. The maximum absolute atomic E-state index is 13.3. The molecule has 0 spiro atoms. The molecule has 1 atom stereocenters. The number of tetrazole rings is 1. The molecule has 1 heterocycles. The zero-order valence-corrected chi connectivity index (χ0v) is 14.8. The average molecular weight is 390 g/mol. The number of carbonyl (C=O) groups excluding carboxylic acids is 1. The molecule has 3 rings (SSSR count). The SMILES string of the molecule is Cc1ccc(NC(=O)NC(Cc2ccccc2)C(F)(F)F)cc1-n1cnnn1. The van der Waals surface area contributed by atoms with Crippen LogP contribution in [0.2, 0.25) is 0 Å². The summed E-state index contributed by atoms with van der Waals surface area (Å²) in [6.45, 7) is 1.82. The van der Waals surface area contributed by atoms with Crippen LogP contribution in [0.3, 0.4) is 0 Å². The van der Waals surface area contributed by atoms with E-state index in [1.807, 2.05) is 12.2 Å². The van der Waals surface area contributed by atoms with Gasteiger partial charge in [-0.1, -0.05) is 36.4 Å². The van der Waals surface area contributed by atoms with E-state index in [0.717, 1.165) is 5.56 Å². The third-order valence-corrected chi connectivity index (χ3v) is 4.05. The smallest absolute Gasteiger partial charge is 0.326 e. The molecule has 7 nitrogen and oxygen atoms in total. The summed E-state index contributed by atoms with van der Waals surface area (Å²) in [5.74, 6) is 0. The quantitative estimate of drug-likeness (QED) is 0.700. The van der Waals surface area contributed by atoms with Crippen molar-refractivity contribution in [2.24, 2.45) is 0 Å². The van der Waals surface area contributed by atoms with Gasteiger partial charge in [-0.05, 0) is 40.6 Å². The lowest BCUT2D eigenvalue weighted by Crippen LogP contribution is -2.48. The van der Waals surface area contributed by atoms with E-state index in [0.29, 0.717) is 16.9 Å². The minimum absolute atomic E-state index is 0.314. The summed E-state index contributed by atoms with van der Waals surface area (Å²) in [6.07, 6.45) is -3.56. The first-order valence-electron chi connectivity index (χ1n) is 8.35. The van der Waals surface area contributed by atoms with Crippen LogP contribution in [-0.4, -0.2) is 38.5 Å². The Kier molecular flexibility index (Phi) is 5.57. The number of aryl methyl sites for hydroxylation is 1. The first-order chi connectivity index (χ1) is 13.3. The molecule has 2 amide bonds. The summed E-state index contributed by atoms with van der Waals surface area (Å²) in [6, 6.07) is 10.1. The van der Waals surface area contributed by atoms with Crippen LogP contribution in [0.5, 0.6) is 0 Å². The highest BCUT2D eigenvalue weighted by atomic mass is 19.4. The minimum Gasteiger partial charge on any atom is -0.326 e. The third kappa shape index (κ3) is 4.84. The number of nitrogens with one attached hydrogen (secondary N) is 2. The van der Waals surface area contributed by atoms with E-state index in [1.165, 1.54) is 11.0 Å². The predicted molar refractivity (Wildman–Crippen MR) is 96.0 cm³/mol. The molecule has 1 aromatic heterocycles. The monoisotopic (exact) mass is 390 g/mol. The molecule has 0 bridgehead atoms. The van der Waals surface area contributed by atoms with Gasteiger partial charge in [-0.15, -0.1) is 5.10 Å². The van der Waals surface area contributed by atoms with Gasteiger partial charge in [-0.3, -0.25) is 0 Å². The predicted octanol–water partition coefficient (Wildman–Crippen LogP) is 3.27. The van der Waals surface area contributed by atoms with Crippen LogP contribution in [0.4, 0.5) is 23.7 Å². The molecule has 0 aliphatic rings. The minimum atomic E-state index is -4.59. The number of rotatable bonds is 5. The third-order valence-electron chi connectivity index (χ3n) is 4.05. The normalized spacial score (nSPS) is 12.4. The van der Waals surface area contributed by atoms with E-state index in [-0.39, 0.29) is 6.42 Å². The van der Waals surface area contributed by atoms with Crippen LogP contribution in [0.15, 0.2) is 54.9 Å². The van der Waals surface area contributed by atoms with E-state index in [4.69, 9.17) is 0 Å². The van der Waals surface area contributed by atoms with Crippen LogP contribution < -0.4 is 10.6 Å². The molecule has 0 saturated heterocycles. The Labute approximate surface area is 158 Å². The Balaban J connectivity index is 1.72. The summed E-state index contributed by atoms with van der Waals surface area (Å²) in [7, 11) is 0. The highest BCUT2D eigenvalue weighted by Crippen LogP contribution is 2.24. The summed E-state index contributed by atoms with van der Waals surface area (Å²) in [5, 5.41) is 15.3. The molecule has 28 heavy (non-hydrogen) atoms. The van der Waals surface area contributed by atoms with Crippen molar-refractivity contribution in [2.45, 2.75) is 25.6 Å². The molecular weight excluding hydrogens is 373 g/mol. The van der Waals surface area contributed by atoms with Crippen molar-refractivity contribution in [3.8, 4) is 5.69 Å². The van der Waals surface area contributed by atoms with E-state index >= 15 is 0 Å². The average Bonchev–Trinajstić information content (AvgIpc) is 3.17. The Morgan fingerprint density at radius 3 is 2.57 bits per heavy atom. The van der Waals surface area contributed by atoms with Gasteiger partial charge in [0.25, 0.3) is 0 Å². The van der Waals surface area contributed by atoms with Gasteiger partial charge >= 0.3 is 12.2 Å². The van der Waals surface area contributed by atoms with Gasteiger partial charge in [-0.2, -0.15) is 13.2 Å². The summed E-state index contributed by atoms with van der Waals surface area (Å²) in [4.78, 5) is 12.2. The number of amides is 2. The molecule has 0 aliphatic heterocycles. The molecule has 2 aromatic carbocycles. The van der Waals surface area contributed by atoms with Gasteiger partial charge in [0.1, 0.15) is 12.4 Å².